The molecule has 0 bridgehead atoms. The first-order valence-corrected chi connectivity index (χ1v) is 10.8. The summed E-state index contributed by atoms with van der Waals surface area (Å²) in [6.45, 7) is -0.160. The van der Waals surface area contributed by atoms with Crippen LogP contribution in [0.2, 0.25) is 0 Å². The Morgan fingerprint density at radius 3 is 2.23 bits per heavy atom. The second-order valence-corrected chi connectivity index (χ2v) is 7.79. The van der Waals surface area contributed by atoms with Gasteiger partial charge in [0.15, 0.2) is 0 Å². The van der Waals surface area contributed by atoms with Crippen LogP contribution in [0.25, 0.3) is 0 Å². The van der Waals surface area contributed by atoms with Gasteiger partial charge in [0.25, 0.3) is 0 Å². The number of hydrogen-bond donors (Lipinski definition) is 7. The van der Waals surface area contributed by atoms with Gasteiger partial charge in [0.2, 0.25) is 23.6 Å². The van der Waals surface area contributed by atoms with Crippen molar-refractivity contribution in [3.05, 3.63) is 0 Å². The maximum absolute atomic E-state index is 12.5. The third-order valence-corrected chi connectivity index (χ3v) is 5.10. The summed E-state index contributed by atoms with van der Waals surface area (Å²) in [6.07, 6.45) is 2.80. The highest BCUT2D eigenvalue weighted by atomic mass is 32.2. The van der Waals surface area contributed by atoms with Gasteiger partial charge in [0, 0.05) is 0 Å². The van der Waals surface area contributed by atoms with Crippen molar-refractivity contribution in [3.63, 3.8) is 0 Å². The van der Waals surface area contributed by atoms with E-state index in [-0.39, 0.29) is 6.42 Å². The maximum Gasteiger partial charge on any atom is 0.326 e. The largest absolute Gasteiger partial charge is 0.480 e. The summed E-state index contributed by atoms with van der Waals surface area (Å²) in [5.41, 5.74) is 5.15. The van der Waals surface area contributed by atoms with Crippen LogP contribution in [-0.4, -0.2) is 89.1 Å². The number of nitrogens with two attached hydrogens (primary N) is 1. The number of carbonyl (C=O) groups is 5. The van der Waals surface area contributed by atoms with Crippen LogP contribution < -0.4 is 27.0 Å². The van der Waals surface area contributed by atoms with E-state index in [4.69, 9.17) is 5.73 Å². The maximum atomic E-state index is 12.5. The lowest BCUT2D eigenvalue weighted by atomic mass is 10.1. The molecule has 0 spiro atoms. The van der Waals surface area contributed by atoms with Gasteiger partial charge in [0.1, 0.15) is 18.1 Å². The van der Waals surface area contributed by atoms with E-state index in [0.717, 1.165) is 6.42 Å². The standard InChI is InChI=1S/C17H29N5O7S/c1-30-6-4-10(17(28)29)20-16(27)12(8-23)22-15(26)11(7-13(18)24)21-14(25)9-3-2-5-19-9/h9-12,19,23H,2-8H2,1H3,(H2,18,24)(H,20,27)(H,21,25)(H,22,26)(H,28,29). The minimum absolute atomic E-state index is 0.156. The molecule has 1 saturated heterocycles. The molecule has 1 aliphatic heterocycles. The quantitative estimate of drug-likeness (QED) is 0.153. The predicted octanol–water partition coefficient (Wildman–Crippen LogP) is -3.10. The van der Waals surface area contributed by atoms with Crippen LogP contribution in [0.3, 0.4) is 0 Å². The Morgan fingerprint density at radius 1 is 1.10 bits per heavy atom. The number of aliphatic carboxylic acids is 1. The van der Waals surface area contributed by atoms with Crippen molar-refractivity contribution in [2.24, 2.45) is 5.73 Å². The third-order valence-electron chi connectivity index (χ3n) is 4.46. The first-order chi connectivity index (χ1) is 14.2. The second kappa shape index (κ2) is 13.0. The summed E-state index contributed by atoms with van der Waals surface area (Å²) in [6, 6.07) is -4.50. The van der Waals surface area contributed by atoms with E-state index in [1.54, 1.807) is 6.26 Å². The Kier molecular flexibility index (Phi) is 11.1. The average Bonchev–Trinajstić information content (AvgIpc) is 3.22. The van der Waals surface area contributed by atoms with Gasteiger partial charge in [-0.2, -0.15) is 11.8 Å². The lowest BCUT2D eigenvalue weighted by Crippen LogP contribution is -2.58. The zero-order valence-electron chi connectivity index (χ0n) is 16.7. The van der Waals surface area contributed by atoms with Crippen molar-refractivity contribution in [2.45, 2.75) is 49.9 Å². The van der Waals surface area contributed by atoms with E-state index in [9.17, 15) is 34.2 Å². The molecule has 12 nitrogen and oxygen atoms in total. The molecule has 4 atom stereocenters. The number of thioether (sulfide) groups is 1. The van der Waals surface area contributed by atoms with Gasteiger partial charge in [-0.25, -0.2) is 4.79 Å². The van der Waals surface area contributed by atoms with Gasteiger partial charge in [0.05, 0.1) is 19.1 Å². The molecule has 1 heterocycles. The summed E-state index contributed by atoms with van der Waals surface area (Å²) in [5, 5.41) is 28.5. The fourth-order valence-electron chi connectivity index (χ4n) is 2.82. The molecule has 1 fully saturated rings. The van der Waals surface area contributed by atoms with Crippen molar-refractivity contribution in [3.8, 4) is 0 Å². The Hall–Kier alpha value is -2.38. The number of amides is 4. The van der Waals surface area contributed by atoms with Crippen molar-refractivity contribution >= 4 is 41.4 Å². The first kappa shape index (κ1) is 25.7. The summed E-state index contributed by atoms with van der Waals surface area (Å²) >= 11 is 1.40. The summed E-state index contributed by atoms with van der Waals surface area (Å²) in [5.74, 6) is -3.89. The van der Waals surface area contributed by atoms with Gasteiger partial charge in [-0.05, 0) is 37.8 Å². The minimum Gasteiger partial charge on any atom is -0.480 e. The molecule has 8 N–H and O–H groups in total. The summed E-state index contributed by atoms with van der Waals surface area (Å²) in [4.78, 5) is 59.7. The van der Waals surface area contributed by atoms with Gasteiger partial charge in [-0.1, -0.05) is 0 Å². The summed E-state index contributed by atoms with van der Waals surface area (Å²) < 4.78 is 0. The normalized spacial score (nSPS) is 18.7. The Bertz CT molecular complexity index is 642. The van der Waals surface area contributed by atoms with Crippen LogP contribution in [-0.2, 0) is 24.0 Å². The summed E-state index contributed by atoms with van der Waals surface area (Å²) in [7, 11) is 0. The van der Waals surface area contributed by atoms with E-state index in [1.165, 1.54) is 11.8 Å². The number of nitrogens with one attached hydrogen (secondary N) is 4. The van der Waals surface area contributed by atoms with Crippen LogP contribution >= 0.6 is 11.8 Å². The molecule has 13 heteroatoms. The fraction of sp³-hybridized carbons (Fsp3) is 0.706. The molecule has 4 amide bonds. The molecule has 0 aromatic rings. The molecule has 0 saturated carbocycles. The lowest BCUT2D eigenvalue weighted by molar-refractivity contribution is -0.142. The van der Waals surface area contributed by atoms with Gasteiger partial charge < -0.3 is 37.2 Å². The van der Waals surface area contributed by atoms with Gasteiger partial charge >= 0.3 is 5.97 Å². The number of primary amides is 1. The predicted molar refractivity (Wildman–Crippen MR) is 108 cm³/mol. The number of hydrogen-bond acceptors (Lipinski definition) is 8. The van der Waals surface area contributed by atoms with E-state index in [2.05, 4.69) is 21.3 Å². The van der Waals surface area contributed by atoms with Crippen LogP contribution in [0.4, 0.5) is 0 Å². The first-order valence-electron chi connectivity index (χ1n) is 9.45. The van der Waals surface area contributed by atoms with Crippen molar-refractivity contribution in [2.75, 3.05) is 25.2 Å². The Morgan fingerprint density at radius 2 is 1.73 bits per heavy atom. The Balaban J connectivity index is 2.77. The number of aliphatic hydroxyl groups excluding tert-OH is 1. The molecule has 0 aromatic heterocycles. The van der Waals surface area contributed by atoms with E-state index in [1.807, 2.05) is 0 Å². The van der Waals surface area contributed by atoms with Crippen molar-refractivity contribution < 1.29 is 34.2 Å². The number of carboxylic acid groups (broad SMARTS) is 1. The van der Waals surface area contributed by atoms with Crippen molar-refractivity contribution in [1.82, 2.24) is 21.3 Å². The van der Waals surface area contributed by atoms with Crippen LogP contribution in [0.15, 0.2) is 0 Å². The van der Waals surface area contributed by atoms with Crippen LogP contribution in [0, 0.1) is 0 Å². The van der Waals surface area contributed by atoms with E-state index >= 15 is 0 Å². The molecule has 0 aromatic carbocycles. The van der Waals surface area contributed by atoms with Crippen molar-refractivity contribution in [1.29, 1.82) is 0 Å². The highest BCUT2D eigenvalue weighted by molar-refractivity contribution is 7.98. The Labute approximate surface area is 178 Å². The van der Waals surface area contributed by atoms with E-state index < -0.39 is 66.8 Å². The monoisotopic (exact) mass is 447 g/mol. The number of carbonyl (C=O) groups excluding carboxylic acids is 4. The molecule has 30 heavy (non-hydrogen) atoms. The molecule has 4 unspecified atom stereocenters. The minimum atomic E-state index is -1.47. The zero-order valence-corrected chi connectivity index (χ0v) is 17.5. The average molecular weight is 448 g/mol. The molecule has 1 rings (SSSR count). The third kappa shape index (κ3) is 8.55. The number of carboxylic acids is 1. The fourth-order valence-corrected chi connectivity index (χ4v) is 3.29. The SMILES string of the molecule is CSCCC(NC(=O)C(CO)NC(=O)C(CC(N)=O)NC(=O)C1CCCN1)C(=O)O. The number of rotatable bonds is 13. The molecule has 0 radical (unpaired) electrons. The van der Waals surface area contributed by atoms with Crippen LogP contribution in [0.5, 0.6) is 0 Å². The molecule has 1 aliphatic rings. The highest BCUT2D eigenvalue weighted by Gasteiger charge is 2.31. The molecule has 0 aliphatic carbocycles. The lowest BCUT2D eigenvalue weighted by Gasteiger charge is -2.23. The molecule has 170 valence electrons. The van der Waals surface area contributed by atoms with E-state index in [0.29, 0.717) is 18.7 Å². The second-order valence-electron chi connectivity index (χ2n) is 6.81. The van der Waals surface area contributed by atoms with Gasteiger partial charge in [-0.3, -0.25) is 19.2 Å². The zero-order chi connectivity index (χ0) is 22.7. The van der Waals surface area contributed by atoms with Gasteiger partial charge in [-0.15, -0.1) is 0 Å². The topological polar surface area (TPSA) is 200 Å². The molecular formula is C17H29N5O7S. The van der Waals surface area contributed by atoms with Crippen LogP contribution in [0.1, 0.15) is 25.7 Å². The number of aliphatic hydroxyl groups is 1. The molecular weight excluding hydrogens is 418 g/mol. The smallest absolute Gasteiger partial charge is 0.326 e. The highest BCUT2D eigenvalue weighted by Crippen LogP contribution is 2.06.